The standard InChI is InChI=1S/C14H23NO2/c1-5-11(3)17-13-9-12(6-7-15)14(16-4)8-10(13)2/h8-9,11H,5-7,15H2,1-4H3. The van der Waals surface area contributed by atoms with Crippen LogP contribution >= 0.6 is 0 Å². The average Bonchev–Trinajstić information content (AvgIpc) is 2.33. The van der Waals surface area contributed by atoms with Crippen LogP contribution in [0.2, 0.25) is 0 Å². The Balaban J connectivity index is 3.01. The number of hydrogen-bond acceptors (Lipinski definition) is 3. The summed E-state index contributed by atoms with van der Waals surface area (Å²) in [5, 5.41) is 0. The summed E-state index contributed by atoms with van der Waals surface area (Å²) in [6.45, 7) is 6.84. The van der Waals surface area contributed by atoms with Crippen molar-refractivity contribution in [2.75, 3.05) is 13.7 Å². The maximum atomic E-state index is 5.88. The molecule has 0 saturated heterocycles. The van der Waals surface area contributed by atoms with Gasteiger partial charge >= 0.3 is 0 Å². The lowest BCUT2D eigenvalue weighted by Gasteiger charge is -2.17. The van der Waals surface area contributed by atoms with E-state index in [1.807, 2.05) is 19.1 Å². The van der Waals surface area contributed by atoms with E-state index in [1.165, 1.54) is 0 Å². The quantitative estimate of drug-likeness (QED) is 0.827. The molecule has 0 saturated carbocycles. The lowest BCUT2D eigenvalue weighted by atomic mass is 10.1. The van der Waals surface area contributed by atoms with Crippen LogP contribution in [0.4, 0.5) is 0 Å². The summed E-state index contributed by atoms with van der Waals surface area (Å²) >= 11 is 0. The number of ether oxygens (including phenoxy) is 2. The Kier molecular flexibility index (Phi) is 5.29. The van der Waals surface area contributed by atoms with E-state index in [0.717, 1.165) is 35.5 Å². The van der Waals surface area contributed by atoms with Crippen LogP contribution < -0.4 is 15.2 Å². The summed E-state index contributed by atoms with van der Waals surface area (Å²) in [6, 6.07) is 4.07. The fourth-order valence-electron chi connectivity index (χ4n) is 1.67. The second-order valence-electron chi connectivity index (χ2n) is 4.30. The third-order valence-electron chi connectivity index (χ3n) is 2.89. The molecule has 1 aromatic rings. The molecule has 1 atom stereocenters. The van der Waals surface area contributed by atoms with Crippen molar-refractivity contribution in [3.05, 3.63) is 23.3 Å². The molecule has 0 radical (unpaired) electrons. The highest BCUT2D eigenvalue weighted by molar-refractivity contribution is 5.46. The Morgan fingerprint density at radius 1 is 1.29 bits per heavy atom. The third-order valence-corrected chi connectivity index (χ3v) is 2.89. The van der Waals surface area contributed by atoms with Gasteiger partial charge in [-0.05, 0) is 56.5 Å². The highest BCUT2D eigenvalue weighted by Gasteiger charge is 2.10. The summed E-state index contributed by atoms with van der Waals surface area (Å²) in [4.78, 5) is 0. The van der Waals surface area contributed by atoms with E-state index in [9.17, 15) is 0 Å². The lowest BCUT2D eigenvalue weighted by molar-refractivity contribution is 0.215. The van der Waals surface area contributed by atoms with Crippen LogP contribution in [0.25, 0.3) is 0 Å². The molecular weight excluding hydrogens is 214 g/mol. The van der Waals surface area contributed by atoms with E-state index >= 15 is 0 Å². The molecule has 3 heteroatoms. The Morgan fingerprint density at radius 3 is 2.53 bits per heavy atom. The second kappa shape index (κ2) is 6.50. The predicted octanol–water partition coefficient (Wildman–Crippen LogP) is 2.68. The molecule has 0 bridgehead atoms. The van der Waals surface area contributed by atoms with Crippen LogP contribution in [0.1, 0.15) is 31.4 Å². The largest absolute Gasteiger partial charge is 0.496 e. The summed E-state index contributed by atoms with van der Waals surface area (Å²) in [7, 11) is 1.68. The molecule has 3 nitrogen and oxygen atoms in total. The first kappa shape index (κ1) is 13.8. The van der Waals surface area contributed by atoms with E-state index in [2.05, 4.69) is 13.8 Å². The van der Waals surface area contributed by atoms with Crippen molar-refractivity contribution < 1.29 is 9.47 Å². The number of rotatable bonds is 6. The number of benzene rings is 1. The third kappa shape index (κ3) is 3.63. The van der Waals surface area contributed by atoms with Crippen LogP contribution in [0.3, 0.4) is 0 Å². The Morgan fingerprint density at radius 2 is 2.00 bits per heavy atom. The minimum absolute atomic E-state index is 0.229. The van der Waals surface area contributed by atoms with Crippen molar-refractivity contribution in [1.29, 1.82) is 0 Å². The fraction of sp³-hybridized carbons (Fsp3) is 0.571. The van der Waals surface area contributed by atoms with E-state index in [0.29, 0.717) is 6.54 Å². The summed E-state index contributed by atoms with van der Waals surface area (Å²) < 4.78 is 11.2. The molecule has 17 heavy (non-hydrogen) atoms. The van der Waals surface area contributed by atoms with Gasteiger partial charge in [0.15, 0.2) is 0 Å². The van der Waals surface area contributed by atoms with Gasteiger partial charge in [-0.2, -0.15) is 0 Å². The van der Waals surface area contributed by atoms with Gasteiger partial charge in [0.2, 0.25) is 0 Å². The van der Waals surface area contributed by atoms with Crippen molar-refractivity contribution in [2.45, 2.75) is 39.7 Å². The molecule has 1 aromatic carbocycles. The van der Waals surface area contributed by atoms with E-state index in [1.54, 1.807) is 7.11 Å². The van der Waals surface area contributed by atoms with Crippen molar-refractivity contribution in [2.24, 2.45) is 5.73 Å². The maximum absolute atomic E-state index is 5.88. The molecule has 0 heterocycles. The van der Waals surface area contributed by atoms with Crippen LogP contribution in [0, 0.1) is 6.92 Å². The van der Waals surface area contributed by atoms with Gasteiger partial charge in [-0.1, -0.05) is 6.92 Å². The van der Waals surface area contributed by atoms with Gasteiger partial charge in [0.1, 0.15) is 11.5 Å². The van der Waals surface area contributed by atoms with E-state index in [4.69, 9.17) is 15.2 Å². The first-order valence-electron chi connectivity index (χ1n) is 6.16. The maximum Gasteiger partial charge on any atom is 0.123 e. The van der Waals surface area contributed by atoms with Crippen LogP contribution in [0.15, 0.2) is 12.1 Å². The molecule has 1 rings (SSSR count). The molecule has 0 spiro atoms. The zero-order chi connectivity index (χ0) is 12.8. The topological polar surface area (TPSA) is 44.5 Å². The average molecular weight is 237 g/mol. The Labute approximate surface area is 104 Å². The minimum Gasteiger partial charge on any atom is -0.496 e. The summed E-state index contributed by atoms with van der Waals surface area (Å²) in [6.07, 6.45) is 2.03. The van der Waals surface area contributed by atoms with Gasteiger partial charge in [-0.25, -0.2) is 0 Å². The van der Waals surface area contributed by atoms with E-state index in [-0.39, 0.29) is 6.10 Å². The van der Waals surface area contributed by atoms with Gasteiger partial charge < -0.3 is 15.2 Å². The normalized spacial score (nSPS) is 12.3. The fourth-order valence-corrected chi connectivity index (χ4v) is 1.67. The van der Waals surface area contributed by atoms with Gasteiger partial charge in [0.25, 0.3) is 0 Å². The molecule has 0 aliphatic carbocycles. The van der Waals surface area contributed by atoms with Crippen molar-refractivity contribution in [1.82, 2.24) is 0 Å². The molecule has 0 aliphatic heterocycles. The number of nitrogens with two attached hydrogens (primary N) is 1. The molecule has 1 unspecified atom stereocenters. The zero-order valence-corrected chi connectivity index (χ0v) is 11.2. The molecule has 0 aliphatic rings. The Bertz CT molecular complexity index is 363. The van der Waals surface area contributed by atoms with E-state index < -0.39 is 0 Å². The molecule has 0 amide bonds. The van der Waals surface area contributed by atoms with Crippen LogP contribution in [-0.2, 0) is 6.42 Å². The lowest BCUT2D eigenvalue weighted by Crippen LogP contribution is -2.11. The monoisotopic (exact) mass is 237 g/mol. The van der Waals surface area contributed by atoms with Crippen molar-refractivity contribution >= 4 is 0 Å². The Hall–Kier alpha value is -1.22. The number of methoxy groups -OCH3 is 1. The predicted molar refractivity (Wildman–Crippen MR) is 70.9 cm³/mol. The second-order valence-corrected chi connectivity index (χ2v) is 4.30. The number of hydrogen-bond donors (Lipinski definition) is 1. The first-order valence-corrected chi connectivity index (χ1v) is 6.16. The van der Waals surface area contributed by atoms with Crippen molar-refractivity contribution in [3.63, 3.8) is 0 Å². The summed E-state index contributed by atoms with van der Waals surface area (Å²) in [5.74, 6) is 1.83. The van der Waals surface area contributed by atoms with Gasteiger partial charge in [-0.15, -0.1) is 0 Å². The molecular formula is C14H23NO2. The molecule has 0 aromatic heterocycles. The van der Waals surface area contributed by atoms with Gasteiger partial charge in [0, 0.05) is 0 Å². The molecule has 2 N–H and O–H groups in total. The zero-order valence-electron chi connectivity index (χ0n) is 11.2. The molecule has 96 valence electrons. The minimum atomic E-state index is 0.229. The van der Waals surface area contributed by atoms with Crippen LogP contribution in [0.5, 0.6) is 11.5 Å². The van der Waals surface area contributed by atoms with Gasteiger partial charge in [0.05, 0.1) is 13.2 Å². The highest BCUT2D eigenvalue weighted by Crippen LogP contribution is 2.29. The van der Waals surface area contributed by atoms with Gasteiger partial charge in [-0.3, -0.25) is 0 Å². The smallest absolute Gasteiger partial charge is 0.123 e. The highest BCUT2D eigenvalue weighted by atomic mass is 16.5. The first-order chi connectivity index (χ1) is 8.12. The summed E-state index contributed by atoms with van der Waals surface area (Å²) in [5.41, 5.74) is 7.81. The number of aryl methyl sites for hydroxylation is 1. The van der Waals surface area contributed by atoms with Crippen molar-refractivity contribution in [3.8, 4) is 11.5 Å². The molecule has 0 fully saturated rings. The van der Waals surface area contributed by atoms with Crippen LogP contribution in [-0.4, -0.2) is 19.8 Å². The SMILES string of the molecule is CCC(C)Oc1cc(CCN)c(OC)cc1C.